The van der Waals surface area contributed by atoms with Crippen molar-refractivity contribution in [1.82, 2.24) is 20.5 Å². The lowest BCUT2D eigenvalue weighted by atomic mass is 10.1. The molecule has 2 N–H and O–H groups in total. The zero-order chi connectivity index (χ0) is 14.3. The van der Waals surface area contributed by atoms with Crippen molar-refractivity contribution in [3.63, 3.8) is 0 Å². The van der Waals surface area contributed by atoms with Gasteiger partial charge in [-0.3, -0.25) is 9.78 Å². The molecule has 0 bridgehead atoms. The van der Waals surface area contributed by atoms with E-state index in [2.05, 4.69) is 15.6 Å². The molecule has 0 aliphatic heterocycles. The lowest BCUT2D eigenvalue weighted by Crippen LogP contribution is -2.44. The lowest BCUT2D eigenvalue weighted by molar-refractivity contribution is -0.120. The summed E-state index contributed by atoms with van der Waals surface area (Å²) in [7, 11) is 3.25. The first-order chi connectivity index (χ1) is 8.99. The molecule has 3 amide bonds. The third-order valence-electron chi connectivity index (χ3n) is 2.50. The highest BCUT2D eigenvalue weighted by Gasteiger charge is 2.10. The van der Waals surface area contributed by atoms with E-state index in [1.54, 1.807) is 26.5 Å². The molecule has 0 radical (unpaired) electrons. The van der Waals surface area contributed by atoms with Crippen LogP contribution in [0.2, 0.25) is 0 Å². The van der Waals surface area contributed by atoms with Gasteiger partial charge in [0.05, 0.1) is 6.54 Å². The van der Waals surface area contributed by atoms with E-state index < -0.39 is 0 Å². The van der Waals surface area contributed by atoms with Crippen LogP contribution in [-0.2, 0) is 11.2 Å². The Bertz CT molecular complexity index is 420. The first kappa shape index (κ1) is 14.9. The molecule has 0 aliphatic rings. The van der Waals surface area contributed by atoms with Gasteiger partial charge in [0.2, 0.25) is 5.91 Å². The number of amides is 3. The van der Waals surface area contributed by atoms with Crippen LogP contribution in [0.3, 0.4) is 0 Å². The Balaban J connectivity index is 2.30. The number of carbonyl (C=O) groups excluding carboxylic acids is 2. The average Bonchev–Trinajstić information content (AvgIpc) is 2.36. The number of carbonyl (C=O) groups is 2. The van der Waals surface area contributed by atoms with Crippen LogP contribution >= 0.6 is 0 Å². The molecule has 19 heavy (non-hydrogen) atoms. The molecule has 6 nitrogen and oxygen atoms in total. The summed E-state index contributed by atoms with van der Waals surface area (Å²) in [6.07, 6.45) is 4.18. The fourth-order valence-electron chi connectivity index (χ4n) is 1.56. The molecule has 0 spiro atoms. The van der Waals surface area contributed by atoms with E-state index in [-0.39, 0.29) is 24.5 Å². The van der Waals surface area contributed by atoms with Crippen molar-refractivity contribution in [2.45, 2.75) is 19.4 Å². The van der Waals surface area contributed by atoms with Crippen molar-refractivity contribution >= 4 is 11.9 Å². The van der Waals surface area contributed by atoms with Gasteiger partial charge >= 0.3 is 6.03 Å². The number of nitrogens with one attached hydrogen (secondary N) is 2. The fourth-order valence-corrected chi connectivity index (χ4v) is 1.56. The van der Waals surface area contributed by atoms with Crippen molar-refractivity contribution in [2.75, 3.05) is 20.6 Å². The zero-order valence-electron chi connectivity index (χ0n) is 11.5. The largest absolute Gasteiger partial charge is 0.352 e. The highest BCUT2D eigenvalue weighted by atomic mass is 16.2. The van der Waals surface area contributed by atoms with Crippen LogP contribution in [-0.4, -0.2) is 48.5 Å². The van der Waals surface area contributed by atoms with Crippen molar-refractivity contribution < 1.29 is 9.59 Å². The normalized spacial score (nSPS) is 11.5. The van der Waals surface area contributed by atoms with Crippen LogP contribution in [0.4, 0.5) is 4.79 Å². The molecule has 6 heteroatoms. The van der Waals surface area contributed by atoms with E-state index in [0.717, 1.165) is 12.0 Å². The summed E-state index contributed by atoms with van der Waals surface area (Å²) in [5.41, 5.74) is 1.11. The predicted octanol–water partition coefficient (Wildman–Crippen LogP) is 0.400. The molecule has 0 saturated carbocycles. The van der Waals surface area contributed by atoms with Gasteiger partial charge in [-0.2, -0.15) is 0 Å². The summed E-state index contributed by atoms with van der Waals surface area (Å²) in [6, 6.07) is 3.55. The first-order valence-corrected chi connectivity index (χ1v) is 6.12. The predicted molar refractivity (Wildman–Crippen MR) is 72.6 cm³/mol. The van der Waals surface area contributed by atoms with Gasteiger partial charge in [-0.1, -0.05) is 0 Å². The van der Waals surface area contributed by atoms with E-state index in [0.29, 0.717) is 0 Å². The van der Waals surface area contributed by atoms with Crippen LogP contribution in [0.15, 0.2) is 24.5 Å². The van der Waals surface area contributed by atoms with Gasteiger partial charge in [0.15, 0.2) is 0 Å². The van der Waals surface area contributed by atoms with Crippen LogP contribution in [0.1, 0.15) is 12.5 Å². The van der Waals surface area contributed by atoms with Crippen LogP contribution in [0.5, 0.6) is 0 Å². The third kappa shape index (κ3) is 5.85. The molecule has 0 aliphatic carbocycles. The molecule has 1 heterocycles. The molecule has 0 aromatic carbocycles. The second-order valence-corrected chi connectivity index (χ2v) is 4.58. The quantitative estimate of drug-likeness (QED) is 0.808. The van der Waals surface area contributed by atoms with E-state index in [1.165, 1.54) is 4.90 Å². The van der Waals surface area contributed by atoms with Gasteiger partial charge in [-0.05, 0) is 31.0 Å². The van der Waals surface area contributed by atoms with E-state index in [1.807, 2.05) is 19.1 Å². The first-order valence-electron chi connectivity index (χ1n) is 6.12. The molecular weight excluding hydrogens is 244 g/mol. The maximum absolute atomic E-state index is 11.6. The van der Waals surface area contributed by atoms with Crippen molar-refractivity contribution in [3.8, 4) is 0 Å². The van der Waals surface area contributed by atoms with Gasteiger partial charge in [-0.25, -0.2) is 4.79 Å². The van der Waals surface area contributed by atoms with Gasteiger partial charge in [-0.15, -0.1) is 0 Å². The Morgan fingerprint density at radius 1 is 1.32 bits per heavy atom. The number of aromatic nitrogens is 1. The van der Waals surface area contributed by atoms with Gasteiger partial charge in [0.25, 0.3) is 0 Å². The second-order valence-electron chi connectivity index (χ2n) is 4.58. The number of nitrogens with zero attached hydrogens (tertiary/aromatic N) is 2. The minimum atomic E-state index is -0.281. The third-order valence-corrected chi connectivity index (χ3v) is 2.50. The molecule has 0 fully saturated rings. The zero-order valence-corrected chi connectivity index (χ0v) is 11.5. The van der Waals surface area contributed by atoms with Gasteiger partial charge < -0.3 is 15.5 Å². The Labute approximate surface area is 113 Å². The summed E-state index contributed by atoms with van der Waals surface area (Å²) in [5, 5.41) is 5.35. The molecule has 0 saturated heterocycles. The fraction of sp³-hybridized carbons (Fsp3) is 0.462. The highest BCUT2D eigenvalue weighted by Crippen LogP contribution is 2.00. The Morgan fingerprint density at radius 2 is 1.95 bits per heavy atom. The molecule has 1 rings (SSSR count). The van der Waals surface area contributed by atoms with E-state index in [4.69, 9.17) is 0 Å². The van der Waals surface area contributed by atoms with Crippen LogP contribution < -0.4 is 10.6 Å². The van der Waals surface area contributed by atoms with E-state index in [9.17, 15) is 9.59 Å². The van der Waals surface area contributed by atoms with Gasteiger partial charge in [0.1, 0.15) is 0 Å². The number of urea groups is 1. The minimum absolute atomic E-state index is 0.00570. The van der Waals surface area contributed by atoms with Crippen molar-refractivity contribution in [3.05, 3.63) is 30.1 Å². The van der Waals surface area contributed by atoms with E-state index >= 15 is 0 Å². The monoisotopic (exact) mass is 264 g/mol. The van der Waals surface area contributed by atoms with Crippen molar-refractivity contribution in [1.29, 1.82) is 0 Å². The maximum atomic E-state index is 11.6. The highest BCUT2D eigenvalue weighted by molar-refractivity contribution is 5.83. The van der Waals surface area contributed by atoms with Crippen LogP contribution in [0.25, 0.3) is 0 Å². The molecule has 1 atom stereocenters. The molecule has 0 unspecified atom stereocenters. The summed E-state index contributed by atoms with van der Waals surface area (Å²) in [4.78, 5) is 28.2. The number of pyridine rings is 1. The summed E-state index contributed by atoms with van der Waals surface area (Å²) in [5.74, 6) is -0.197. The Hall–Kier alpha value is -2.11. The smallest absolute Gasteiger partial charge is 0.317 e. The van der Waals surface area contributed by atoms with Gasteiger partial charge in [0, 0.05) is 32.5 Å². The second kappa shape index (κ2) is 7.35. The minimum Gasteiger partial charge on any atom is -0.352 e. The molecular formula is C13H20N4O2. The Morgan fingerprint density at radius 3 is 2.53 bits per heavy atom. The summed E-state index contributed by atoms with van der Waals surface area (Å²) >= 11 is 0. The molecule has 104 valence electrons. The Kier molecular flexibility index (Phi) is 5.78. The average molecular weight is 264 g/mol. The topological polar surface area (TPSA) is 74.3 Å². The van der Waals surface area contributed by atoms with Crippen molar-refractivity contribution in [2.24, 2.45) is 0 Å². The van der Waals surface area contributed by atoms with Crippen LogP contribution in [0, 0.1) is 0 Å². The molecule has 1 aromatic heterocycles. The number of rotatable bonds is 5. The SMILES string of the molecule is C[C@H](Cc1ccncc1)NC(=O)CNC(=O)N(C)C. The number of hydrogen-bond donors (Lipinski definition) is 2. The standard InChI is InChI=1S/C13H20N4O2/c1-10(8-11-4-6-14-7-5-11)16-12(18)9-15-13(19)17(2)3/h4-7,10H,8-9H2,1-3H3,(H,15,19)(H,16,18)/t10-/m1/s1. The summed E-state index contributed by atoms with van der Waals surface area (Å²) in [6.45, 7) is 1.91. The molecule has 1 aromatic rings. The maximum Gasteiger partial charge on any atom is 0.317 e. The summed E-state index contributed by atoms with van der Waals surface area (Å²) < 4.78 is 0. The number of hydrogen-bond acceptors (Lipinski definition) is 3. The lowest BCUT2D eigenvalue weighted by Gasteiger charge is -2.15.